The largest absolute Gasteiger partial charge is 0.316 e. The Labute approximate surface area is 120 Å². The summed E-state index contributed by atoms with van der Waals surface area (Å²) in [5.74, 6) is 3.25. The summed E-state index contributed by atoms with van der Waals surface area (Å²) in [5.41, 5.74) is 4.23. The van der Waals surface area contributed by atoms with Gasteiger partial charge in [-0.2, -0.15) is 16.9 Å². The quantitative estimate of drug-likeness (QED) is 0.902. The number of hydrogen-bond acceptors (Lipinski definition) is 3. The second-order valence-corrected chi connectivity index (χ2v) is 7.09. The van der Waals surface area contributed by atoms with Crippen LogP contribution in [0.25, 0.3) is 0 Å². The van der Waals surface area contributed by atoms with E-state index in [-0.39, 0.29) is 0 Å². The van der Waals surface area contributed by atoms with Crippen molar-refractivity contribution < 1.29 is 0 Å². The molecule has 3 heterocycles. The van der Waals surface area contributed by atoms with Crippen LogP contribution in [0.3, 0.4) is 0 Å². The predicted octanol–water partition coefficient (Wildman–Crippen LogP) is 3.04. The first-order valence-corrected chi connectivity index (χ1v) is 8.77. The number of nitrogens with zero attached hydrogens (tertiary/aromatic N) is 2. The highest BCUT2D eigenvalue weighted by molar-refractivity contribution is 7.99. The summed E-state index contributed by atoms with van der Waals surface area (Å²) >= 11 is 2.08. The van der Waals surface area contributed by atoms with E-state index >= 15 is 0 Å². The summed E-state index contributed by atoms with van der Waals surface area (Å²) in [6.45, 7) is 6.79. The third-order valence-corrected chi connectivity index (χ3v) is 5.77. The highest BCUT2D eigenvalue weighted by Gasteiger charge is 2.26. The minimum absolute atomic E-state index is 0.628. The lowest BCUT2D eigenvalue weighted by atomic mass is 9.90. The Hall–Kier alpha value is -0.480. The van der Waals surface area contributed by atoms with Crippen molar-refractivity contribution in [1.29, 1.82) is 0 Å². The number of nitrogens with one attached hydrogen (secondary N) is 1. The van der Waals surface area contributed by atoms with Gasteiger partial charge in [-0.15, -0.1) is 0 Å². The van der Waals surface area contributed by atoms with Crippen molar-refractivity contribution in [3.8, 4) is 0 Å². The second kappa shape index (κ2) is 5.88. The molecule has 2 fully saturated rings. The second-order valence-electron chi connectivity index (χ2n) is 5.94. The Kier molecular flexibility index (Phi) is 4.18. The van der Waals surface area contributed by atoms with Crippen LogP contribution in [0.15, 0.2) is 0 Å². The van der Waals surface area contributed by atoms with E-state index < -0.39 is 0 Å². The van der Waals surface area contributed by atoms with Gasteiger partial charge in [-0.1, -0.05) is 0 Å². The van der Waals surface area contributed by atoms with Crippen molar-refractivity contribution in [1.82, 2.24) is 15.1 Å². The smallest absolute Gasteiger partial charge is 0.0631 e. The van der Waals surface area contributed by atoms with Crippen molar-refractivity contribution in [3.63, 3.8) is 0 Å². The van der Waals surface area contributed by atoms with E-state index in [9.17, 15) is 0 Å². The molecule has 0 radical (unpaired) electrons. The van der Waals surface area contributed by atoms with Crippen LogP contribution in [0, 0.1) is 13.8 Å². The Bertz CT molecular complexity index is 429. The van der Waals surface area contributed by atoms with Gasteiger partial charge in [-0.3, -0.25) is 4.68 Å². The molecule has 0 saturated carbocycles. The lowest BCUT2D eigenvalue weighted by molar-refractivity contribution is 0.438. The molecule has 2 aliphatic rings. The molecule has 106 valence electrons. The van der Waals surface area contributed by atoms with E-state index in [1.54, 1.807) is 0 Å². The van der Waals surface area contributed by atoms with E-state index in [0.717, 1.165) is 6.54 Å². The number of piperidine rings is 1. The molecule has 3 rings (SSSR count). The highest BCUT2D eigenvalue weighted by Crippen LogP contribution is 2.33. The molecule has 0 aromatic carbocycles. The highest BCUT2D eigenvalue weighted by atomic mass is 32.2. The summed E-state index contributed by atoms with van der Waals surface area (Å²) in [7, 11) is 0. The third kappa shape index (κ3) is 2.70. The van der Waals surface area contributed by atoms with Crippen LogP contribution in [0.4, 0.5) is 0 Å². The predicted molar refractivity (Wildman–Crippen MR) is 82.1 cm³/mol. The summed E-state index contributed by atoms with van der Waals surface area (Å²) in [6, 6.07) is 0.628. The molecule has 1 N–H and O–H groups in total. The van der Waals surface area contributed by atoms with Gasteiger partial charge in [0.05, 0.1) is 11.7 Å². The van der Waals surface area contributed by atoms with Gasteiger partial charge in [-0.05, 0) is 51.8 Å². The molecular weight excluding hydrogens is 254 g/mol. The van der Waals surface area contributed by atoms with Crippen LogP contribution in [-0.4, -0.2) is 34.4 Å². The van der Waals surface area contributed by atoms with Crippen LogP contribution in [0.5, 0.6) is 0 Å². The number of rotatable bonds is 2. The minimum atomic E-state index is 0.628. The fraction of sp³-hybridized carbons (Fsp3) is 0.800. The summed E-state index contributed by atoms with van der Waals surface area (Å²) in [6.07, 6.45) is 5.26. The standard InChI is InChI=1S/C15H25N3S/c1-11-15(13-5-3-7-16-9-13)12(2)18(17-11)14-6-4-8-19-10-14/h13-14,16H,3-10H2,1-2H3. The zero-order valence-corrected chi connectivity index (χ0v) is 12.9. The lowest BCUT2D eigenvalue weighted by Gasteiger charge is -2.25. The minimum Gasteiger partial charge on any atom is -0.316 e. The molecule has 1 aromatic rings. The maximum Gasteiger partial charge on any atom is 0.0631 e. The van der Waals surface area contributed by atoms with Crippen LogP contribution in [0.2, 0.25) is 0 Å². The van der Waals surface area contributed by atoms with E-state index in [1.807, 2.05) is 0 Å². The molecule has 2 saturated heterocycles. The van der Waals surface area contributed by atoms with Crippen molar-refractivity contribution in [3.05, 3.63) is 17.0 Å². The lowest BCUT2D eigenvalue weighted by Crippen LogP contribution is -2.29. The van der Waals surface area contributed by atoms with E-state index in [2.05, 4.69) is 35.6 Å². The van der Waals surface area contributed by atoms with Crippen molar-refractivity contribution >= 4 is 11.8 Å². The van der Waals surface area contributed by atoms with Crippen LogP contribution < -0.4 is 5.32 Å². The number of hydrogen-bond donors (Lipinski definition) is 1. The molecule has 3 nitrogen and oxygen atoms in total. The van der Waals surface area contributed by atoms with Crippen LogP contribution in [-0.2, 0) is 0 Å². The average Bonchev–Trinajstić information content (AvgIpc) is 2.76. The van der Waals surface area contributed by atoms with Crippen molar-refractivity contribution in [2.24, 2.45) is 0 Å². The molecule has 2 atom stereocenters. The van der Waals surface area contributed by atoms with Crippen LogP contribution >= 0.6 is 11.8 Å². The Morgan fingerprint density at radius 2 is 2.16 bits per heavy atom. The Balaban J connectivity index is 1.86. The zero-order valence-electron chi connectivity index (χ0n) is 12.1. The monoisotopic (exact) mass is 279 g/mol. The first-order chi connectivity index (χ1) is 9.27. The van der Waals surface area contributed by atoms with Gasteiger partial charge >= 0.3 is 0 Å². The van der Waals surface area contributed by atoms with Crippen LogP contribution in [0.1, 0.15) is 54.6 Å². The number of thioether (sulfide) groups is 1. The topological polar surface area (TPSA) is 29.9 Å². The van der Waals surface area contributed by atoms with Gasteiger partial charge in [0.1, 0.15) is 0 Å². The van der Waals surface area contributed by atoms with Crippen molar-refractivity contribution in [2.45, 2.75) is 51.5 Å². The molecule has 2 aliphatic heterocycles. The average molecular weight is 279 g/mol. The van der Waals surface area contributed by atoms with E-state index in [1.165, 1.54) is 60.7 Å². The first kappa shape index (κ1) is 13.5. The van der Waals surface area contributed by atoms with Gasteiger partial charge in [0.15, 0.2) is 0 Å². The maximum atomic E-state index is 4.88. The van der Waals surface area contributed by atoms with Gasteiger partial charge in [0.25, 0.3) is 0 Å². The van der Waals surface area contributed by atoms with Gasteiger partial charge in [-0.25, -0.2) is 0 Å². The summed E-state index contributed by atoms with van der Waals surface area (Å²) in [5, 5.41) is 8.42. The summed E-state index contributed by atoms with van der Waals surface area (Å²) in [4.78, 5) is 0. The number of aromatic nitrogens is 2. The third-order valence-electron chi connectivity index (χ3n) is 4.57. The molecule has 19 heavy (non-hydrogen) atoms. The fourth-order valence-electron chi connectivity index (χ4n) is 3.64. The molecule has 0 amide bonds. The van der Waals surface area contributed by atoms with Gasteiger partial charge < -0.3 is 5.32 Å². The molecular formula is C15H25N3S. The SMILES string of the molecule is Cc1nn(C2CCCSC2)c(C)c1C1CCCNC1. The molecule has 1 aromatic heterocycles. The zero-order chi connectivity index (χ0) is 13.2. The molecule has 0 aliphatic carbocycles. The Morgan fingerprint density at radius 1 is 1.26 bits per heavy atom. The molecule has 0 bridgehead atoms. The molecule has 4 heteroatoms. The fourth-order valence-corrected chi connectivity index (χ4v) is 4.75. The van der Waals surface area contributed by atoms with Gasteiger partial charge in [0.2, 0.25) is 0 Å². The maximum absolute atomic E-state index is 4.88. The molecule has 2 unspecified atom stereocenters. The number of aryl methyl sites for hydroxylation is 1. The molecule has 0 spiro atoms. The normalized spacial score (nSPS) is 28.5. The van der Waals surface area contributed by atoms with E-state index in [4.69, 9.17) is 5.10 Å². The van der Waals surface area contributed by atoms with E-state index in [0.29, 0.717) is 12.0 Å². The Morgan fingerprint density at radius 3 is 2.84 bits per heavy atom. The first-order valence-electron chi connectivity index (χ1n) is 7.61. The summed E-state index contributed by atoms with van der Waals surface area (Å²) < 4.78 is 2.34. The van der Waals surface area contributed by atoms with Crippen molar-refractivity contribution in [2.75, 3.05) is 24.6 Å². The van der Waals surface area contributed by atoms with Gasteiger partial charge in [0, 0.05) is 29.5 Å².